The van der Waals surface area contributed by atoms with Gasteiger partial charge in [0, 0.05) is 12.0 Å². The van der Waals surface area contributed by atoms with Crippen molar-refractivity contribution in [1.29, 1.82) is 0 Å². The molecular formula is C25H28O11. The van der Waals surface area contributed by atoms with E-state index < -0.39 is 67.4 Å². The number of carboxylic acid groups (broad SMARTS) is 1. The zero-order chi connectivity index (χ0) is 25.8. The summed E-state index contributed by atoms with van der Waals surface area (Å²) >= 11 is 0. The van der Waals surface area contributed by atoms with Crippen molar-refractivity contribution in [3.63, 3.8) is 0 Å². The summed E-state index contributed by atoms with van der Waals surface area (Å²) in [5, 5.41) is 49.4. The third kappa shape index (κ3) is 5.51. The van der Waals surface area contributed by atoms with Crippen LogP contribution in [0.2, 0.25) is 0 Å². The van der Waals surface area contributed by atoms with Gasteiger partial charge in [-0.2, -0.15) is 0 Å². The van der Waals surface area contributed by atoms with Gasteiger partial charge in [-0.05, 0) is 23.6 Å². The first kappa shape index (κ1) is 26.0. The summed E-state index contributed by atoms with van der Waals surface area (Å²) in [6.07, 6.45) is -2.68. The van der Waals surface area contributed by atoms with Crippen LogP contribution < -0.4 is 0 Å². The number of aliphatic hydroxyl groups excluding tert-OH is 4. The molecule has 0 bridgehead atoms. The van der Waals surface area contributed by atoms with Crippen LogP contribution in [0.3, 0.4) is 0 Å². The molecule has 36 heavy (non-hydrogen) atoms. The van der Waals surface area contributed by atoms with Gasteiger partial charge in [-0.1, -0.05) is 36.4 Å². The van der Waals surface area contributed by atoms with E-state index in [1.807, 2.05) is 30.3 Å². The van der Waals surface area contributed by atoms with Gasteiger partial charge in [-0.3, -0.25) is 0 Å². The summed E-state index contributed by atoms with van der Waals surface area (Å²) in [4.78, 5) is 24.0. The number of carbonyl (C=O) groups is 2. The highest BCUT2D eigenvalue weighted by Gasteiger charge is 2.49. The second-order valence-electron chi connectivity index (χ2n) is 8.71. The van der Waals surface area contributed by atoms with Crippen LogP contribution in [0, 0.1) is 11.8 Å². The van der Waals surface area contributed by atoms with Crippen LogP contribution in [0.4, 0.5) is 0 Å². The average molecular weight is 504 g/mol. The predicted molar refractivity (Wildman–Crippen MR) is 122 cm³/mol. The minimum Gasteiger partial charge on any atom is -0.478 e. The molecule has 5 N–H and O–H groups in total. The van der Waals surface area contributed by atoms with Gasteiger partial charge in [0.2, 0.25) is 6.29 Å². The Bertz CT molecular complexity index is 1030. The van der Waals surface area contributed by atoms with Gasteiger partial charge >= 0.3 is 11.9 Å². The first-order valence-corrected chi connectivity index (χ1v) is 11.4. The fourth-order valence-electron chi connectivity index (χ4n) is 4.54. The van der Waals surface area contributed by atoms with Crippen LogP contribution in [0.15, 0.2) is 59.9 Å². The molecule has 11 heteroatoms. The molecule has 11 nitrogen and oxygen atoms in total. The van der Waals surface area contributed by atoms with Crippen LogP contribution >= 0.6 is 0 Å². The van der Waals surface area contributed by atoms with E-state index in [0.29, 0.717) is 12.0 Å². The highest BCUT2D eigenvalue weighted by atomic mass is 16.8. The van der Waals surface area contributed by atoms with Crippen LogP contribution in [0.1, 0.15) is 12.0 Å². The number of aliphatic carboxylic acids is 1. The molecule has 0 saturated carbocycles. The quantitative estimate of drug-likeness (QED) is 0.182. The number of esters is 1. The molecule has 1 aromatic rings. The Hall–Kier alpha value is -3.06. The summed E-state index contributed by atoms with van der Waals surface area (Å²) in [7, 11) is 0. The van der Waals surface area contributed by atoms with E-state index in [-0.39, 0.29) is 12.2 Å². The van der Waals surface area contributed by atoms with Crippen LogP contribution in [0.5, 0.6) is 0 Å². The van der Waals surface area contributed by atoms with Gasteiger partial charge in [0.25, 0.3) is 0 Å². The number of aliphatic hydroxyl groups is 4. The van der Waals surface area contributed by atoms with Crippen LogP contribution in [-0.4, -0.2) is 87.7 Å². The Labute approximate surface area is 206 Å². The SMILES string of the molecule is O=C(/C=C/c1ccccc1)OCC1=CC[C@@H]2C(C(=O)O)=CO[C@@H](O[C@@H]3O[C@H](CO)[C@@H](O)[C@H](O)[C@H]3O)[C@H]12. The number of hydrogen-bond acceptors (Lipinski definition) is 10. The molecule has 194 valence electrons. The maximum atomic E-state index is 12.3. The van der Waals surface area contributed by atoms with E-state index in [2.05, 4.69) is 0 Å². The number of benzene rings is 1. The van der Waals surface area contributed by atoms with Crippen molar-refractivity contribution in [2.75, 3.05) is 13.2 Å². The molecule has 3 aliphatic rings. The van der Waals surface area contributed by atoms with Gasteiger partial charge < -0.3 is 44.5 Å². The number of rotatable bonds is 8. The maximum Gasteiger partial charge on any atom is 0.335 e. The number of ether oxygens (including phenoxy) is 4. The Morgan fingerprint density at radius 2 is 1.81 bits per heavy atom. The molecule has 1 saturated heterocycles. The molecule has 0 spiro atoms. The fraction of sp³-hybridized carbons (Fsp3) is 0.440. The van der Waals surface area contributed by atoms with Crippen molar-refractivity contribution < 1.29 is 54.1 Å². The molecular weight excluding hydrogens is 476 g/mol. The fourth-order valence-corrected chi connectivity index (χ4v) is 4.54. The molecule has 2 aliphatic heterocycles. The second kappa shape index (κ2) is 11.3. The minimum atomic E-state index is -1.66. The predicted octanol–water partition coefficient (Wildman–Crippen LogP) is -0.0532. The molecule has 1 fully saturated rings. The highest BCUT2D eigenvalue weighted by Crippen LogP contribution is 2.44. The smallest absolute Gasteiger partial charge is 0.335 e. The van der Waals surface area contributed by atoms with E-state index in [1.54, 1.807) is 12.2 Å². The van der Waals surface area contributed by atoms with Crippen molar-refractivity contribution in [1.82, 2.24) is 0 Å². The van der Waals surface area contributed by atoms with E-state index >= 15 is 0 Å². The lowest BCUT2D eigenvalue weighted by Crippen LogP contribution is -2.60. The summed E-state index contributed by atoms with van der Waals surface area (Å²) in [6.45, 7) is -0.785. The summed E-state index contributed by atoms with van der Waals surface area (Å²) < 4.78 is 22.1. The number of carboxylic acids is 1. The minimum absolute atomic E-state index is 0.00945. The van der Waals surface area contributed by atoms with Gasteiger partial charge in [-0.15, -0.1) is 0 Å². The molecule has 8 atom stereocenters. The molecule has 1 aromatic carbocycles. The standard InChI is InChI=1S/C25H28O11/c26-10-17-20(28)21(29)22(30)25(35-17)36-24-19-14(7-8-15(19)16(12-34-24)23(31)32)11-33-18(27)9-6-13-4-2-1-3-5-13/h1-7,9,12,15,17,19-22,24-26,28-30H,8,10-11H2,(H,31,32)/b9-6+/t15-,17-,19-,20-,21+,22-,24+,25+/m1/s1. The lowest BCUT2D eigenvalue weighted by Gasteiger charge is -2.42. The summed E-state index contributed by atoms with van der Waals surface area (Å²) in [5.74, 6) is -3.02. The molecule has 4 rings (SSSR count). The first-order valence-electron chi connectivity index (χ1n) is 11.4. The van der Waals surface area contributed by atoms with Crippen molar-refractivity contribution in [2.45, 2.75) is 43.4 Å². The van der Waals surface area contributed by atoms with Gasteiger partial charge in [0.05, 0.1) is 24.4 Å². The Morgan fingerprint density at radius 1 is 1.06 bits per heavy atom. The Morgan fingerprint density at radius 3 is 2.50 bits per heavy atom. The highest BCUT2D eigenvalue weighted by molar-refractivity contribution is 5.88. The van der Waals surface area contributed by atoms with Crippen molar-refractivity contribution >= 4 is 18.0 Å². The number of carbonyl (C=O) groups excluding carboxylic acids is 1. The largest absolute Gasteiger partial charge is 0.478 e. The second-order valence-corrected chi connectivity index (χ2v) is 8.71. The lowest BCUT2D eigenvalue weighted by molar-refractivity contribution is -0.339. The van der Waals surface area contributed by atoms with Gasteiger partial charge in [-0.25, -0.2) is 9.59 Å². The van der Waals surface area contributed by atoms with Crippen molar-refractivity contribution in [3.8, 4) is 0 Å². The molecule has 0 amide bonds. The zero-order valence-corrected chi connectivity index (χ0v) is 19.1. The van der Waals surface area contributed by atoms with Crippen LogP contribution in [0.25, 0.3) is 6.08 Å². The summed E-state index contributed by atoms with van der Waals surface area (Å²) in [6, 6.07) is 9.18. The Kier molecular flexibility index (Phi) is 8.19. The molecule has 1 aliphatic carbocycles. The third-order valence-electron chi connectivity index (χ3n) is 6.47. The maximum absolute atomic E-state index is 12.3. The molecule has 0 aromatic heterocycles. The lowest BCUT2D eigenvalue weighted by atomic mass is 9.83. The third-order valence-corrected chi connectivity index (χ3v) is 6.47. The van der Waals surface area contributed by atoms with E-state index in [4.69, 9.17) is 18.9 Å². The first-order chi connectivity index (χ1) is 17.3. The number of allylic oxidation sites excluding steroid dienone is 1. The Balaban J connectivity index is 1.46. The molecule has 0 radical (unpaired) electrons. The number of fused-ring (bicyclic) bond motifs is 1. The average Bonchev–Trinajstić information content (AvgIpc) is 3.31. The monoisotopic (exact) mass is 504 g/mol. The van der Waals surface area contributed by atoms with E-state index in [9.17, 15) is 35.1 Å². The van der Waals surface area contributed by atoms with Crippen LogP contribution in [-0.2, 0) is 28.5 Å². The molecule has 0 unspecified atom stereocenters. The van der Waals surface area contributed by atoms with E-state index in [1.165, 1.54) is 6.08 Å². The van der Waals surface area contributed by atoms with Crippen molar-refractivity contribution in [3.05, 3.63) is 65.5 Å². The number of hydrogen-bond donors (Lipinski definition) is 5. The van der Waals surface area contributed by atoms with E-state index in [0.717, 1.165) is 11.8 Å². The van der Waals surface area contributed by atoms with Crippen molar-refractivity contribution in [2.24, 2.45) is 11.8 Å². The zero-order valence-electron chi connectivity index (χ0n) is 19.1. The van der Waals surface area contributed by atoms with Gasteiger partial charge in [0.1, 0.15) is 31.0 Å². The normalized spacial score (nSPS) is 33.9. The topological polar surface area (TPSA) is 172 Å². The summed E-state index contributed by atoms with van der Waals surface area (Å²) in [5.41, 5.74) is 1.39. The van der Waals surface area contributed by atoms with Gasteiger partial charge in [0.15, 0.2) is 6.29 Å². The molecule has 2 heterocycles.